The first-order valence-electron chi connectivity index (χ1n) is 1.21. The molecule has 0 fully saturated rings. The van der Waals surface area contributed by atoms with Crippen molar-refractivity contribution in [3.63, 3.8) is 0 Å². The van der Waals surface area contributed by atoms with Crippen LogP contribution in [0.25, 0.3) is 0 Å². The molecule has 0 saturated carbocycles. The average molecular weight is 186 g/mol. The normalized spacial score (nSPS) is 12.9. The van der Waals surface area contributed by atoms with Crippen LogP contribution in [0.15, 0.2) is 0 Å². The van der Waals surface area contributed by atoms with E-state index in [-0.39, 0.29) is 0 Å². The molecule has 0 aromatic rings. The predicted molar refractivity (Wildman–Crippen MR) is 25.8 cm³/mol. The molecule has 7 heavy (non-hydrogen) atoms. The summed E-state index contributed by atoms with van der Waals surface area (Å²) in [6, 6.07) is 0. The van der Waals surface area contributed by atoms with Crippen LogP contribution in [0.1, 0.15) is 0 Å². The van der Waals surface area contributed by atoms with Crippen molar-refractivity contribution < 1.29 is 17.7 Å². The average Bonchev–Trinajstić information content (AvgIpc) is 1.27. The van der Waals surface area contributed by atoms with Gasteiger partial charge in [-0.2, -0.15) is 0 Å². The molecule has 2 atom stereocenters. The van der Waals surface area contributed by atoms with E-state index >= 15 is 0 Å². The first-order valence-corrected chi connectivity index (χ1v) is 3.46. The van der Waals surface area contributed by atoms with E-state index in [0.717, 1.165) is 0 Å². The van der Waals surface area contributed by atoms with Gasteiger partial charge in [0, 0.05) is 0 Å². The molecule has 0 bridgehead atoms. The van der Waals surface area contributed by atoms with Crippen LogP contribution < -0.4 is 0 Å². The first-order chi connectivity index (χ1) is 3.13. The number of rotatable bonds is 1. The summed E-state index contributed by atoms with van der Waals surface area (Å²) in [6.07, 6.45) is 0. The van der Waals surface area contributed by atoms with Crippen LogP contribution in [-0.2, 0) is 15.5 Å². The topological polar surface area (TPSA) is 63.6 Å². The van der Waals surface area contributed by atoms with Crippen LogP contribution in [0.2, 0.25) is 0 Å². The number of hydrogen-bond acceptors (Lipinski definition) is 3. The Hall–Kier alpha value is 0.138. The van der Waals surface area contributed by atoms with Gasteiger partial charge in [0.25, 0.3) is 0 Å². The molecule has 0 spiro atoms. The van der Waals surface area contributed by atoms with Gasteiger partial charge in [-0.1, -0.05) is 0 Å². The second-order valence-corrected chi connectivity index (χ2v) is 2.21. The maximum atomic E-state index is 9.71. The Morgan fingerprint density at radius 1 is 1.86 bits per heavy atom. The molecule has 1 N–H and O–H groups in total. The van der Waals surface area contributed by atoms with Gasteiger partial charge in [0.15, 0.2) is 0 Å². The van der Waals surface area contributed by atoms with Gasteiger partial charge in [0.05, 0.1) is 0 Å². The molecular formula is CH3AsO4S. The Morgan fingerprint density at radius 2 is 2.29 bits per heavy atom. The second-order valence-electron chi connectivity index (χ2n) is 0.619. The van der Waals surface area contributed by atoms with E-state index in [1.165, 1.54) is 0 Å². The van der Waals surface area contributed by atoms with E-state index in [1.54, 1.807) is 0 Å². The SMILES string of the molecule is O=C([AsH2])OS(=O)O. The molecule has 0 aromatic heterocycles. The molecular weight excluding hydrogens is 183 g/mol. The third-order valence-corrected chi connectivity index (χ3v) is 1.07. The Labute approximate surface area is 51.2 Å². The summed E-state index contributed by atoms with van der Waals surface area (Å²) in [5.41, 5.74) is 0. The first kappa shape index (κ1) is 7.14. The zero-order chi connectivity index (χ0) is 5.86. The van der Waals surface area contributed by atoms with E-state index in [4.69, 9.17) is 4.55 Å². The molecule has 0 aliphatic rings. The van der Waals surface area contributed by atoms with Gasteiger partial charge in [0.1, 0.15) is 0 Å². The minimum atomic E-state index is -2.43. The summed E-state index contributed by atoms with van der Waals surface area (Å²) in [7, 11) is 0. The number of hydrogen-bond donors (Lipinski definition) is 1. The van der Waals surface area contributed by atoms with Crippen LogP contribution >= 0.6 is 0 Å². The molecule has 6 heteroatoms. The quantitative estimate of drug-likeness (QED) is 0.416. The van der Waals surface area contributed by atoms with E-state index in [9.17, 15) is 9.00 Å². The molecule has 0 aliphatic carbocycles. The van der Waals surface area contributed by atoms with Gasteiger partial charge < -0.3 is 0 Å². The molecule has 0 saturated heterocycles. The van der Waals surface area contributed by atoms with Crippen molar-refractivity contribution in [2.75, 3.05) is 0 Å². The van der Waals surface area contributed by atoms with Crippen molar-refractivity contribution in [2.24, 2.45) is 0 Å². The summed E-state index contributed by atoms with van der Waals surface area (Å²) in [6.45, 7) is 0. The second kappa shape index (κ2) is 3.18. The third kappa shape index (κ3) is 6.14. The number of carbonyl (C=O) groups is 1. The third-order valence-electron chi connectivity index (χ3n) is 0.153. The van der Waals surface area contributed by atoms with Crippen LogP contribution in [-0.4, -0.2) is 30.4 Å². The number of carbonyl (C=O) groups excluding carboxylic acids is 1. The fraction of sp³-hybridized carbons (Fsp3) is 0. The fourth-order valence-corrected chi connectivity index (χ4v) is 0.729. The summed E-state index contributed by atoms with van der Waals surface area (Å²) in [5.74, 6) is 0. The van der Waals surface area contributed by atoms with Crippen molar-refractivity contribution >= 4 is 33.0 Å². The maximum absolute atomic E-state index is 9.71. The van der Waals surface area contributed by atoms with E-state index in [1.807, 2.05) is 0 Å². The Bertz CT molecular complexity index is 87.9. The van der Waals surface area contributed by atoms with Crippen molar-refractivity contribution in [3.05, 3.63) is 0 Å². The van der Waals surface area contributed by atoms with Gasteiger partial charge in [-0.3, -0.25) is 0 Å². The molecule has 0 radical (unpaired) electrons. The van der Waals surface area contributed by atoms with Crippen molar-refractivity contribution in [2.45, 2.75) is 0 Å². The van der Waals surface area contributed by atoms with Crippen molar-refractivity contribution in [3.8, 4) is 0 Å². The van der Waals surface area contributed by atoms with Crippen molar-refractivity contribution in [1.29, 1.82) is 0 Å². The van der Waals surface area contributed by atoms with Crippen LogP contribution in [0.4, 0.5) is 4.79 Å². The predicted octanol–water partition coefficient (Wildman–Crippen LogP) is -1.11. The summed E-state index contributed by atoms with van der Waals surface area (Å²) < 4.78 is 20.2. The molecule has 42 valence electrons. The van der Waals surface area contributed by atoms with Crippen LogP contribution in [0.5, 0.6) is 0 Å². The van der Waals surface area contributed by atoms with E-state index in [2.05, 4.69) is 4.18 Å². The summed E-state index contributed by atoms with van der Waals surface area (Å²) in [5, 5.41) is 0. The molecule has 0 aliphatic heterocycles. The Balaban J connectivity index is 3.32. The molecule has 4 nitrogen and oxygen atoms in total. The Morgan fingerprint density at radius 3 is 2.29 bits per heavy atom. The summed E-state index contributed by atoms with van der Waals surface area (Å²) in [4.78, 5) is 9.71. The van der Waals surface area contributed by atoms with Gasteiger partial charge in [-0.25, -0.2) is 0 Å². The zero-order valence-corrected chi connectivity index (χ0v) is 6.40. The molecule has 0 heterocycles. The zero-order valence-electron chi connectivity index (χ0n) is 3.16. The van der Waals surface area contributed by atoms with Crippen LogP contribution in [0, 0.1) is 0 Å². The molecule has 0 rings (SSSR count). The molecule has 2 unspecified atom stereocenters. The van der Waals surface area contributed by atoms with Gasteiger partial charge in [-0.05, 0) is 0 Å². The van der Waals surface area contributed by atoms with Gasteiger partial charge in [0.2, 0.25) is 0 Å². The van der Waals surface area contributed by atoms with Crippen molar-refractivity contribution in [1.82, 2.24) is 0 Å². The van der Waals surface area contributed by atoms with Crippen LogP contribution in [0.3, 0.4) is 0 Å². The monoisotopic (exact) mass is 186 g/mol. The van der Waals surface area contributed by atoms with E-state index in [0.29, 0.717) is 16.9 Å². The fourth-order valence-electron chi connectivity index (χ4n) is 0.0703. The van der Waals surface area contributed by atoms with E-state index < -0.39 is 16.1 Å². The molecule has 0 aromatic carbocycles. The molecule has 0 amide bonds. The Kier molecular flexibility index (Phi) is 3.24. The minimum absolute atomic E-state index is 0.646. The summed E-state index contributed by atoms with van der Waals surface area (Å²) >= 11 is -1.78. The van der Waals surface area contributed by atoms with Gasteiger partial charge in [-0.15, -0.1) is 0 Å². The standard InChI is InChI=1S/CH3AsO4S/c2-1(3)6-7(4)5/h2H2,(H,4,5). The van der Waals surface area contributed by atoms with Gasteiger partial charge >= 0.3 is 50.7 Å².